The highest BCUT2D eigenvalue weighted by Crippen LogP contribution is 2.22. The lowest BCUT2D eigenvalue weighted by Crippen LogP contribution is -2.50. The number of thioether (sulfide) groups is 1. The lowest BCUT2D eigenvalue weighted by atomic mass is 10.1. The summed E-state index contributed by atoms with van der Waals surface area (Å²) in [6.07, 6.45) is 1.01. The summed E-state index contributed by atoms with van der Waals surface area (Å²) in [6, 6.07) is 0. The van der Waals surface area contributed by atoms with Crippen molar-refractivity contribution in [3.8, 4) is 0 Å². The second-order valence-electron chi connectivity index (χ2n) is 4.49. The maximum atomic E-state index is 12.0. The van der Waals surface area contributed by atoms with Crippen molar-refractivity contribution < 1.29 is 8.42 Å². The monoisotopic (exact) mass is 280 g/mol. The number of hydrogen-bond acceptors (Lipinski definition) is 5. The second kappa shape index (κ2) is 6.97. The molecule has 0 aliphatic carbocycles. The maximum Gasteiger partial charge on any atom is 0.166 e. The number of rotatable bonds is 6. The van der Waals surface area contributed by atoms with Gasteiger partial charge in [-0.2, -0.15) is 11.8 Å². The van der Waals surface area contributed by atoms with E-state index in [1.165, 1.54) is 0 Å². The molecule has 1 fully saturated rings. The molecule has 2 atom stereocenters. The Morgan fingerprint density at radius 2 is 2.18 bits per heavy atom. The second-order valence-corrected chi connectivity index (χ2v) is 8.08. The van der Waals surface area contributed by atoms with E-state index in [0.717, 1.165) is 25.3 Å². The van der Waals surface area contributed by atoms with Crippen molar-refractivity contribution in [2.24, 2.45) is 11.7 Å². The van der Waals surface area contributed by atoms with E-state index in [1.807, 2.05) is 0 Å². The van der Waals surface area contributed by atoms with Crippen molar-refractivity contribution in [3.05, 3.63) is 0 Å². The molecule has 0 aromatic rings. The number of nitrogens with two attached hydrogens (primary N) is 1. The van der Waals surface area contributed by atoms with Crippen LogP contribution in [0.2, 0.25) is 0 Å². The van der Waals surface area contributed by atoms with E-state index in [1.54, 1.807) is 18.7 Å². The molecule has 1 aliphatic heterocycles. The topological polar surface area (TPSA) is 63.4 Å². The first kappa shape index (κ1) is 15.3. The molecule has 4 nitrogen and oxygen atoms in total. The van der Waals surface area contributed by atoms with Gasteiger partial charge < -0.3 is 5.73 Å². The molecule has 2 unspecified atom stereocenters. The third-order valence-electron chi connectivity index (χ3n) is 3.41. The molecule has 6 heteroatoms. The molecule has 1 heterocycles. The van der Waals surface area contributed by atoms with E-state index in [4.69, 9.17) is 5.73 Å². The number of nitrogens with zero attached hydrogens (tertiary/aromatic N) is 1. The summed E-state index contributed by atoms with van der Waals surface area (Å²) in [4.78, 5) is 2.12. The van der Waals surface area contributed by atoms with Crippen molar-refractivity contribution in [2.45, 2.75) is 25.6 Å². The zero-order valence-corrected chi connectivity index (χ0v) is 12.4. The highest BCUT2D eigenvalue weighted by atomic mass is 32.2. The van der Waals surface area contributed by atoms with Gasteiger partial charge in [0.1, 0.15) is 5.37 Å². The minimum Gasteiger partial charge on any atom is -0.330 e. The molecule has 2 N–H and O–H groups in total. The molecule has 1 saturated heterocycles. The normalized spacial score (nSPS) is 24.8. The van der Waals surface area contributed by atoms with Gasteiger partial charge >= 0.3 is 0 Å². The van der Waals surface area contributed by atoms with E-state index in [9.17, 15) is 8.42 Å². The summed E-state index contributed by atoms with van der Waals surface area (Å²) >= 11 is 1.74. The van der Waals surface area contributed by atoms with Crippen LogP contribution in [0.15, 0.2) is 0 Å². The largest absolute Gasteiger partial charge is 0.330 e. The standard InChI is InChI=1S/C11H24N2O2S2/c1-3-10(7-12)8-13-5-6-16-9-11(13)17(14,15)4-2/h10-11H,3-9,12H2,1-2H3. The first-order valence-corrected chi connectivity index (χ1v) is 9.15. The van der Waals surface area contributed by atoms with Crippen molar-refractivity contribution in [1.29, 1.82) is 0 Å². The quantitative estimate of drug-likeness (QED) is 0.779. The summed E-state index contributed by atoms with van der Waals surface area (Å²) in [5.41, 5.74) is 5.71. The summed E-state index contributed by atoms with van der Waals surface area (Å²) in [6.45, 7) is 6.16. The third-order valence-corrected chi connectivity index (χ3v) is 6.74. The first-order chi connectivity index (χ1) is 8.05. The molecule has 0 spiro atoms. The highest BCUT2D eigenvalue weighted by molar-refractivity contribution is 8.01. The number of hydrogen-bond donors (Lipinski definition) is 1. The fourth-order valence-corrected chi connectivity index (χ4v) is 5.14. The average Bonchev–Trinajstić information content (AvgIpc) is 2.36. The molecule has 102 valence electrons. The summed E-state index contributed by atoms with van der Waals surface area (Å²) in [5, 5.41) is -0.299. The van der Waals surface area contributed by atoms with E-state index in [0.29, 0.717) is 18.2 Å². The molecule has 17 heavy (non-hydrogen) atoms. The van der Waals surface area contributed by atoms with Crippen LogP contribution in [-0.4, -0.2) is 55.6 Å². The van der Waals surface area contributed by atoms with Gasteiger partial charge in [-0.3, -0.25) is 4.90 Å². The van der Waals surface area contributed by atoms with E-state index >= 15 is 0 Å². The van der Waals surface area contributed by atoms with Gasteiger partial charge in [0.25, 0.3) is 0 Å². The predicted octanol–water partition coefficient (Wildman–Crippen LogP) is 0.781. The molecule has 1 rings (SSSR count). The van der Waals surface area contributed by atoms with Crippen molar-refractivity contribution in [3.63, 3.8) is 0 Å². The zero-order valence-electron chi connectivity index (χ0n) is 10.8. The third kappa shape index (κ3) is 4.12. The molecule has 0 amide bonds. The van der Waals surface area contributed by atoms with Gasteiger partial charge in [0.05, 0.1) is 0 Å². The van der Waals surface area contributed by atoms with Crippen LogP contribution in [0.4, 0.5) is 0 Å². The van der Waals surface area contributed by atoms with Gasteiger partial charge in [-0.05, 0) is 12.5 Å². The Bertz CT molecular complexity index is 315. The van der Waals surface area contributed by atoms with Gasteiger partial charge in [-0.15, -0.1) is 0 Å². The fourth-order valence-electron chi connectivity index (χ4n) is 2.05. The summed E-state index contributed by atoms with van der Waals surface area (Å²) < 4.78 is 24.1. The Morgan fingerprint density at radius 1 is 1.47 bits per heavy atom. The maximum absolute atomic E-state index is 12.0. The zero-order chi connectivity index (χ0) is 12.9. The number of sulfone groups is 1. The Hall–Kier alpha value is 0.220. The van der Waals surface area contributed by atoms with Crippen LogP contribution >= 0.6 is 11.8 Å². The van der Waals surface area contributed by atoms with Crippen LogP contribution in [0.5, 0.6) is 0 Å². The van der Waals surface area contributed by atoms with Crippen LogP contribution in [0, 0.1) is 5.92 Å². The van der Waals surface area contributed by atoms with Gasteiger partial charge in [0.2, 0.25) is 0 Å². The minimum absolute atomic E-state index is 0.230. The van der Waals surface area contributed by atoms with Gasteiger partial charge in [-0.25, -0.2) is 8.42 Å². The van der Waals surface area contributed by atoms with E-state index in [-0.39, 0.29) is 11.1 Å². The van der Waals surface area contributed by atoms with Crippen LogP contribution in [-0.2, 0) is 9.84 Å². The van der Waals surface area contributed by atoms with Crippen LogP contribution < -0.4 is 5.73 Å². The van der Waals surface area contributed by atoms with Crippen molar-refractivity contribution in [1.82, 2.24) is 4.90 Å². The van der Waals surface area contributed by atoms with Crippen LogP contribution in [0.3, 0.4) is 0 Å². The molecule has 0 aromatic carbocycles. The molecule has 0 bridgehead atoms. The van der Waals surface area contributed by atoms with E-state index in [2.05, 4.69) is 11.8 Å². The van der Waals surface area contributed by atoms with Crippen LogP contribution in [0.1, 0.15) is 20.3 Å². The van der Waals surface area contributed by atoms with Gasteiger partial charge in [0, 0.05) is 30.3 Å². The van der Waals surface area contributed by atoms with Crippen molar-refractivity contribution in [2.75, 3.05) is 36.9 Å². The lowest BCUT2D eigenvalue weighted by Gasteiger charge is -2.36. The molecular weight excluding hydrogens is 256 g/mol. The smallest absolute Gasteiger partial charge is 0.166 e. The first-order valence-electron chi connectivity index (χ1n) is 6.28. The Kier molecular flexibility index (Phi) is 6.26. The summed E-state index contributed by atoms with van der Waals surface area (Å²) in [7, 11) is -2.97. The van der Waals surface area contributed by atoms with Gasteiger partial charge in [-0.1, -0.05) is 20.3 Å². The van der Waals surface area contributed by atoms with Crippen LogP contribution in [0.25, 0.3) is 0 Å². The average molecular weight is 280 g/mol. The van der Waals surface area contributed by atoms with Crippen molar-refractivity contribution >= 4 is 21.6 Å². The molecule has 1 aliphatic rings. The Labute approximate surface area is 109 Å². The highest BCUT2D eigenvalue weighted by Gasteiger charge is 2.33. The van der Waals surface area contributed by atoms with E-state index < -0.39 is 9.84 Å². The molecular formula is C11H24N2O2S2. The molecule has 0 saturated carbocycles. The molecule has 0 radical (unpaired) electrons. The minimum atomic E-state index is -2.97. The Morgan fingerprint density at radius 3 is 2.71 bits per heavy atom. The lowest BCUT2D eigenvalue weighted by molar-refractivity contribution is 0.226. The SMILES string of the molecule is CCC(CN)CN1CCSCC1S(=O)(=O)CC. The molecule has 0 aromatic heterocycles. The predicted molar refractivity (Wildman–Crippen MR) is 75.0 cm³/mol. The summed E-state index contributed by atoms with van der Waals surface area (Å²) in [5.74, 6) is 2.37. The fraction of sp³-hybridized carbons (Fsp3) is 1.00. The Balaban J connectivity index is 2.72. The van der Waals surface area contributed by atoms with Gasteiger partial charge in [0.15, 0.2) is 9.84 Å².